The summed E-state index contributed by atoms with van der Waals surface area (Å²) < 4.78 is 37.8. The highest BCUT2D eigenvalue weighted by Crippen LogP contribution is 2.38. The lowest BCUT2D eigenvalue weighted by Gasteiger charge is -2.26. The van der Waals surface area contributed by atoms with Crippen molar-refractivity contribution in [3.63, 3.8) is 0 Å². The Labute approximate surface area is 175 Å². The SMILES string of the molecule is Cc1ccc2c(c1)SC(C(=O)OCc1cccc(S(=O)(=O)N3CCOCC3)c1)C2. The summed E-state index contributed by atoms with van der Waals surface area (Å²) in [4.78, 5) is 13.9. The van der Waals surface area contributed by atoms with Crippen LogP contribution in [0.3, 0.4) is 0 Å². The molecule has 1 saturated heterocycles. The first kappa shape index (κ1) is 20.4. The molecule has 0 amide bonds. The molecule has 8 heteroatoms. The Hall–Kier alpha value is -1.87. The second-order valence-corrected chi connectivity index (χ2v) is 10.4. The third-order valence-corrected chi connectivity index (χ3v) is 8.22. The molecule has 154 valence electrons. The summed E-state index contributed by atoms with van der Waals surface area (Å²) in [6.07, 6.45) is 0.657. The van der Waals surface area contributed by atoms with Crippen molar-refractivity contribution < 1.29 is 22.7 Å². The molecule has 2 heterocycles. The van der Waals surface area contributed by atoms with Gasteiger partial charge in [0, 0.05) is 18.0 Å². The highest BCUT2D eigenvalue weighted by Gasteiger charge is 2.30. The molecule has 2 aromatic carbocycles. The summed E-state index contributed by atoms with van der Waals surface area (Å²) in [7, 11) is -3.57. The van der Waals surface area contributed by atoms with Crippen molar-refractivity contribution in [2.24, 2.45) is 0 Å². The van der Waals surface area contributed by atoms with E-state index in [1.807, 2.05) is 13.0 Å². The monoisotopic (exact) mass is 433 g/mol. The zero-order valence-electron chi connectivity index (χ0n) is 16.2. The van der Waals surface area contributed by atoms with E-state index in [1.165, 1.54) is 27.2 Å². The van der Waals surface area contributed by atoms with Gasteiger partial charge in [0.2, 0.25) is 10.0 Å². The number of nitrogens with zero attached hydrogens (tertiary/aromatic N) is 1. The molecule has 0 aromatic heterocycles. The summed E-state index contributed by atoms with van der Waals surface area (Å²) in [5, 5.41) is -0.257. The van der Waals surface area contributed by atoms with Crippen LogP contribution in [0, 0.1) is 6.92 Å². The minimum absolute atomic E-state index is 0.0533. The molecule has 0 N–H and O–H groups in total. The fourth-order valence-corrected chi connectivity index (χ4v) is 6.21. The van der Waals surface area contributed by atoms with Crippen molar-refractivity contribution in [1.29, 1.82) is 0 Å². The standard InChI is InChI=1S/C21H23NO5S2/c1-15-5-6-17-13-20(28-19(17)11-15)21(23)27-14-16-3-2-4-18(12-16)29(24,25)22-7-9-26-10-8-22/h2-6,11-12,20H,7-10,13-14H2,1H3. The maximum atomic E-state index is 12.8. The van der Waals surface area contributed by atoms with Crippen LogP contribution >= 0.6 is 11.8 Å². The van der Waals surface area contributed by atoms with Crippen molar-refractivity contribution in [3.05, 3.63) is 59.2 Å². The lowest BCUT2D eigenvalue weighted by molar-refractivity contribution is -0.144. The molecule has 2 aliphatic heterocycles. The average Bonchev–Trinajstić information content (AvgIpc) is 3.16. The molecule has 6 nitrogen and oxygen atoms in total. The lowest BCUT2D eigenvalue weighted by atomic mass is 10.1. The van der Waals surface area contributed by atoms with Crippen LogP contribution in [0.4, 0.5) is 0 Å². The van der Waals surface area contributed by atoms with Gasteiger partial charge in [-0.1, -0.05) is 29.8 Å². The molecular formula is C21H23NO5S2. The van der Waals surface area contributed by atoms with Gasteiger partial charge in [-0.15, -0.1) is 11.8 Å². The zero-order chi connectivity index (χ0) is 20.4. The Kier molecular flexibility index (Phi) is 5.96. The van der Waals surface area contributed by atoms with Gasteiger partial charge in [0.05, 0.1) is 18.1 Å². The van der Waals surface area contributed by atoms with E-state index in [2.05, 4.69) is 12.1 Å². The van der Waals surface area contributed by atoms with Gasteiger partial charge in [-0.05, 0) is 42.7 Å². The number of sulfonamides is 1. The minimum atomic E-state index is -3.57. The Balaban J connectivity index is 1.39. The summed E-state index contributed by atoms with van der Waals surface area (Å²) in [6.45, 7) is 3.58. The zero-order valence-corrected chi connectivity index (χ0v) is 17.8. The van der Waals surface area contributed by atoms with Crippen LogP contribution in [0.15, 0.2) is 52.3 Å². The van der Waals surface area contributed by atoms with E-state index >= 15 is 0 Å². The number of rotatable bonds is 5. The van der Waals surface area contributed by atoms with Gasteiger partial charge in [-0.3, -0.25) is 4.79 Å². The Morgan fingerprint density at radius 3 is 2.79 bits per heavy atom. The van der Waals surface area contributed by atoms with Crippen LogP contribution in [0.5, 0.6) is 0 Å². The van der Waals surface area contributed by atoms with E-state index in [-0.39, 0.29) is 22.7 Å². The minimum Gasteiger partial charge on any atom is -0.460 e. The first-order valence-electron chi connectivity index (χ1n) is 9.53. The second kappa shape index (κ2) is 8.47. The fourth-order valence-electron chi connectivity index (χ4n) is 3.45. The Bertz CT molecular complexity index is 1020. The number of thioether (sulfide) groups is 1. The van der Waals surface area contributed by atoms with Crippen molar-refractivity contribution in [2.45, 2.75) is 35.0 Å². The first-order valence-corrected chi connectivity index (χ1v) is 11.8. The number of carbonyl (C=O) groups excluding carboxylic acids is 1. The molecule has 0 aliphatic carbocycles. The van der Waals surface area contributed by atoms with Gasteiger partial charge in [0.1, 0.15) is 11.9 Å². The van der Waals surface area contributed by atoms with E-state index in [4.69, 9.17) is 9.47 Å². The van der Waals surface area contributed by atoms with Crippen molar-refractivity contribution in [1.82, 2.24) is 4.31 Å². The molecule has 1 unspecified atom stereocenters. The van der Waals surface area contributed by atoms with Gasteiger partial charge < -0.3 is 9.47 Å². The van der Waals surface area contributed by atoms with Crippen LogP contribution in [-0.4, -0.2) is 50.2 Å². The summed E-state index contributed by atoms with van der Waals surface area (Å²) >= 11 is 1.53. The van der Waals surface area contributed by atoms with Gasteiger partial charge in [-0.2, -0.15) is 4.31 Å². The van der Waals surface area contributed by atoms with Crippen LogP contribution in [0.2, 0.25) is 0 Å². The van der Waals surface area contributed by atoms with Crippen LogP contribution in [0.25, 0.3) is 0 Å². The van der Waals surface area contributed by atoms with Gasteiger partial charge in [0.15, 0.2) is 0 Å². The molecule has 1 fully saturated rings. The number of aryl methyl sites for hydroxylation is 1. The predicted molar refractivity (Wildman–Crippen MR) is 110 cm³/mol. The van der Waals surface area contributed by atoms with Gasteiger partial charge in [-0.25, -0.2) is 8.42 Å². The molecule has 0 spiro atoms. The summed E-state index contributed by atoms with van der Waals surface area (Å²) in [5.74, 6) is -0.273. The number of ether oxygens (including phenoxy) is 2. The number of hydrogen-bond acceptors (Lipinski definition) is 6. The number of esters is 1. The molecule has 0 radical (unpaired) electrons. The molecule has 0 saturated carbocycles. The van der Waals surface area contributed by atoms with Crippen molar-refractivity contribution in [3.8, 4) is 0 Å². The number of benzene rings is 2. The summed E-state index contributed by atoms with van der Waals surface area (Å²) in [6, 6.07) is 12.8. The van der Waals surface area contributed by atoms with Crippen LogP contribution in [-0.2, 0) is 37.3 Å². The molecule has 1 atom stereocenters. The molecule has 4 rings (SSSR count). The second-order valence-electron chi connectivity index (χ2n) is 7.19. The molecular weight excluding hydrogens is 410 g/mol. The van der Waals surface area contributed by atoms with E-state index in [9.17, 15) is 13.2 Å². The highest BCUT2D eigenvalue weighted by atomic mass is 32.2. The first-order chi connectivity index (χ1) is 13.9. The third kappa shape index (κ3) is 4.50. The van der Waals surface area contributed by atoms with E-state index in [0.29, 0.717) is 38.3 Å². The fraction of sp³-hybridized carbons (Fsp3) is 0.381. The Morgan fingerprint density at radius 2 is 2.00 bits per heavy atom. The third-order valence-electron chi connectivity index (χ3n) is 5.05. The van der Waals surface area contributed by atoms with E-state index in [0.717, 1.165) is 4.90 Å². The number of morpholine rings is 1. The van der Waals surface area contributed by atoms with Crippen LogP contribution in [0.1, 0.15) is 16.7 Å². The number of fused-ring (bicyclic) bond motifs is 1. The molecule has 0 bridgehead atoms. The van der Waals surface area contributed by atoms with E-state index in [1.54, 1.807) is 24.3 Å². The maximum absolute atomic E-state index is 12.8. The Morgan fingerprint density at radius 1 is 1.21 bits per heavy atom. The lowest BCUT2D eigenvalue weighted by Crippen LogP contribution is -2.40. The largest absolute Gasteiger partial charge is 0.460 e. The van der Waals surface area contributed by atoms with Crippen molar-refractivity contribution in [2.75, 3.05) is 26.3 Å². The predicted octanol–water partition coefficient (Wildman–Crippen LogP) is 2.78. The van der Waals surface area contributed by atoms with Crippen molar-refractivity contribution >= 4 is 27.8 Å². The van der Waals surface area contributed by atoms with Crippen LogP contribution < -0.4 is 0 Å². The van der Waals surface area contributed by atoms with Gasteiger partial charge >= 0.3 is 5.97 Å². The van der Waals surface area contributed by atoms with Gasteiger partial charge in [0.25, 0.3) is 0 Å². The molecule has 2 aromatic rings. The quantitative estimate of drug-likeness (QED) is 0.675. The maximum Gasteiger partial charge on any atom is 0.320 e. The molecule has 29 heavy (non-hydrogen) atoms. The molecule has 2 aliphatic rings. The topological polar surface area (TPSA) is 72.9 Å². The highest BCUT2D eigenvalue weighted by molar-refractivity contribution is 8.01. The number of hydrogen-bond donors (Lipinski definition) is 0. The summed E-state index contributed by atoms with van der Waals surface area (Å²) in [5.41, 5.74) is 2.99. The number of carbonyl (C=O) groups is 1. The van der Waals surface area contributed by atoms with E-state index < -0.39 is 10.0 Å². The smallest absolute Gasteiger partial charge is 0.320 e. The normalized spacial score (nSPS) is 19.7. The average molecular weight is 434 g/mol.